The largest absolute Gasteiger partial charge is 0.306 e. The lowest BCUT2D eigenvalue weighted by molar-refractivity contribution is -0.0268. The molecule has 1 saturated carbocycles. The van der Waals surface area contributed by atoms with Gasteiger partial charge in [0.25, 0.3) is 0 Å². The van der Waals surface area contributed by atoms with Crippen molar-refractivity contribution in [2.45, 2.75) is 44.6 Å². The normalized spacial score (nSPS) is 32.2. The van der Waals surface area contributed by atoms with Crippen molar-refractivity contribution >= 4 is 0 Å². The van der Waals surface area contributed by atoms with Crippen LogP contribution in [0.25, 0.3) is 0 Å². The van der Waals surface area contributed by atoms with Crippen LogP contribution < -0.4 is 0 Å². The van der Waals surface area contributed by atoms with Crippen LogP contribution in [0.1, 0.15) is 38.5 Å². The number of piperidine rings is 2. The van der Waals surface area contributed by atoms with Crippen molar-refractivity contribution in [1.82, 2.24) is 19.6 Å². The average Bonchev–Trinajstić information content (AvgIpc) is 2.57. The third-order valence-electron chi connectivity index (χ3n) is 7.62. The molecule has 0 aromatic carbocycles. The summed E-state index contributed by atoms with van der Waals surface area (Å²) in [4.78, 5) is 10.6. The van der Waals surface area contributed by atoms with Crippen LogP contribution in [0, 0.1) is 11.3 Å². The lowest BCUT2D eigenvalue weighted by Gasteiger charge is -2.53. The summed E-state index contributed by atoms with van der Waals surface area (Å²) in [6.07, 6.45) is 8.80. The molecule has 1 aliphatic carbocycles. The molecule has 4 heteroatoms. The van der Waals surface area contributed by atoms with E-state index < -0.39 is 0 Å². The van der Waals surface area contributed by atoms with Gasteiger partial charge in [0, 0.05) is 38.8 Å². The number of likely N-dealkylation sites (tertiary alicyclic amines) is 2. The van der Waals surface area contributed by atoms with Crippen molar-refractivity contribution in [2.24, 2.45) is 11.3 Å². The van der Waals surface area contributed by atoms with Gasteiger partial charge < -0.3 is 14.7 Å². The molecule has 0 radical (unpaired) electrons. The summed E-state index contributed by atoms with van der Waals surface area (Å²) in [5, 5.41) is 0. The van der Waals surface area contributed by atoms with Crippen LogP contribution in [0.2, 0.25) is 0 Å². The first-order chi connectivity index (χ1) is 11.6. The van der Waals surface area contributed by atoms with Gasteiger partial charge >= 0.3 is 0 Å². The third-order valence-corrected chi connectivity index (χ3v) is 7.62. The molecule has 3 heterocycles. The topological polar surface area (TPSA) is 13.0 Å². The van der Waals surface area contributed by atoms with E-state index in [1.54, 1.807) is 0 Å². The first-order valence-corrected chi connectivity index (χ1v) is 10.5. The van der Waals surface area contributed by atoms with E-state index in [1.807, 2.05) is 0 Å². The minimum atomic E-state index is 0.759. The molecule has 0 aromatic heterocycles. The zero-order valence-corrected chi connectivity index (χ0v) is 16.1. The fraction of sp³-hybridized carbons (Fsp3) is 1.00. The van der Waals surface area contributed by atoms with E-state index in [9.17, 15) is 0 Å². The van der Waals surface area contributed by atoms with E-state index in [-0.39, 0.29) is 0 Å². The van der Waals surface area contributed by atoms with Gasteiger partial charge in [0.1, 0.15) is 0 Å². The predicted octanol–water partition coefficient (Wildman–Crippen LogP) is 1.82. The predicted molar refractivity (Wildman–Crippen MR) is 100 cm³/mol. The van der Waals surface area contributed by atoms with E-state index in [4.69, 9.17) is 0 Å². The molecular weight excluding hydrogens is 296 g/mol. The molecule has 4 fully saturated rings. The maximum absolute atomic E-state index is 2.79. The van der Waals surface area contributed by atoms with Crippen LogP contribution in [0.3, 0.4) is 0 Å². The quantitative estimate of drug-likeness (QED) is 0.780. The van der Waals surface area contributed by atoms with Crippen LogP contribution in [-0.2, 0) is 0 Å². The van der Waals surface area contributed by atoms with Crippen molar-refractivity contribution < 1.29 is 0 Å². The summed E-state index contributed by atoms with van der Waals surface area (Å²) in [5.41, 5.74) is 0.759. The second-order valence-corrected chi connectivity index (χ2v) is 9.45. The number of nitrogens with zero attached hydrogens (tertiary/aromatic N) is 4. The molecule has 0 unspecified atom stereocenters. The number of rotatable bonds is 3. The maximum Gasteiger partial charge on any atom is 0.0121 e. The highest BCUT2D eigenvalue weighted by atomic mass is 15.3. The number of likely N-dealkylation sites (N-methyl/N-ethyl adjacent to an activating group) is 1. The zero-order valence-electron chi connectivity index (χ0n) is 16.1. The molecule has 4 aliphatic rings. The SMILES string of the molecule is CN1CCN(C2CCN(CC3CC4(CCN(C)CC4)C3)CC2)CC1. The Morgan fingerprint density at radius 1 is 0.750 bits per heavy atom. The molecule has 0 N–H and O–H groups in total. The van der Waals surface area contributed by atoms with E-state index in [1.165, 1.54) is 97.4 Å². The molecule has 24 heavy (non-hydrogen) atoms. The lowest BCUT2D eigenvalue weighted by atomic mass is 9.57. The van der Waals surface area contributed by atoms with E-state index >= 15 is 0 Å². The minimum Gasteiger partial charge on any atom is -0.306 e. The Balaban J connectivity index is 1.16. The summed E-state index contributed by atoms with van der Waals surface area (Å²) in [7, 11) is 4.54. The zero-order chi connectivity index (χ0) is 16.6. The van der Waals surface area contributed by atoms with Crippen LogP contribution in [-0.4, -0.2) is 98.6 Å². The second-order valence-electron chi connectivity index (χ2n) is 9.45. The molecule has 4 rings (SSSR count). The summed E-state index contributed by atoms with van der Waals surface area (Å²) < 4.78 is 0. The Bertz CT molecular complexity index is 394. The molecule has 0 atom stereocenters. The highest BCUT2D eigenvalue weighted by molar-refractivity contribution is 4.98. The van der Waals surface area contributed by atoms with Crippen molar-refractivity contribution in [3.05, 3.63) is 0 Å². The molecule has 138 valence electrons. The average molecular weight is 335 g/mol. The third kappa shape index (κ3) is 3.82. The van der Waals surface area contributed by atoms with Crippen LogP contribution >= 0.6 is 0 Å². The number of hydrogen-bond acceptors (Lipinski definition) is 4. The van der Waals surface area contributed by atoms with Gasteiger partial charge in [-0.3, -0.25) is 4.90 Å². The standard InChI is InChI=1S/C20H38N4/c1-21-9-5-20(6-10-21)15-18(16-20)17-23-7-3-19(4-8-23)24-13-11-22(2)12-14-24/h18-19H,3-17H2,1-2H3. The van der Waals surface area contributed by atoms with Crippen molar-refractivity contribution in [1.29, 1.82) is 0 Å². The van der Waals surface area contributed by atoms with Gasteiger partial charge in [0.15, 0.2) is 0 Å². The van der Waals surface area contributed by atoms with Gasteiger partial charge in [-0.2, -0.15) is 0 Å². The lowest BCUT2D eigenvalue weighted by Crippen LogP contribution is -2.53. The van der Waals surface area contributed by atoms with E-state index in [0.717, 1.165) is 17.4 Å². The molecule has 0 aromatic rings. The van der Waals surface area contributed by atoms with Gasteiger partial charge in [-0.15, -0.1) is 0 Å². The van der Waals surface area contributed by atoms with Gasteiger partial charge in [-0.25, -0.2) is 0 Å². The molecular formula is C20H38N4. The fourth-order valence-corrected chi connectivity index (χ4v) is 5.81. The first-order valence-electron chi connectivity index (χ1n) is 10.5. The van der Waals surface area contributed by atoms with Crippen molar-refractivity contribution in [2.75, 3.05) is 73.0 Å². The molecule has 1 spiro atoms. The Hall–Kier alpha value is -0.160. The van der Waals surface area contributed by atoms with E-state index in [2.05, 4.69) is 33.7 Å². The molecule has 0 bridgehead atoms. The van der Waals surface area contributed by atoms with Gasteiger partial charge in [-0.05, 0) is 90.1 Å². The number of piperazine rings is 1. The van der Waals surface area contributed by atoms with Crippen LogP contribution in [0.15, 0.2) is 0 Å². The summed E-state index contributed by atoms with van der Waals surface area (Å²) in [5.74, 6) is 1.01. The molecule has 3 saturated heterocycles. The van der Waals surface area contributed by atoms with Gasteiger partial charge in [0.05, 0.1) is 0 Å². The van der Waals surface area contributed by atoms with Crippen LogP contribution in [0.5, 0.6) is 0 Å². The Labute approximate surface area is 149 Å². The molecule has 4 nitrogen and oxygen atoms in total. The summed E-state index contributed by atoms with van der Waals surface area (Å²) >= 11 is 0. The maximum atomic E-state index is 2.79. The smallest absolute Gasteiger partial charge is 0.0121 e. The highest BCUT2D eigenvalue weighted by Crippen LogP contribution is 2.52. The van der Waals surface area contributed by atoms with Gasteiger partial charge in [-0.1, -0.05) is 0 Å². The molecule has 0 amide bonds. The molecule has 3 aliphatic heterocycles. The summed E-state index contributed by atoms with van der Waals surface area (Å²) in [6.45, 7) is 11.9. The first kappa shape index (κ1) is 17.3. The number of hydrogen-bond donors (Lipinski definition) is 0. The van der Waals surface area contributed by atoms with Crippen molar-refractivity contribution in [3.63, 3.8) is 0 Å². The fourth-order valence-electron chi connectivity index (χ4n) is 5.81. The van der Waals surface area contributed by atoms with Crippen molar-refractivity contribution in [3.8, 4) is 0 Å². The summed E-state index contributed by atoms with van der Waals surface area (Å²) in [6, 6.07) is 0.872. The van der Waals surface area contributed by atoms with Crippen LogP contribution in [0.4, 0.5) is 0 Å². The minimum absolute atomic E-state index is 0.759. The Kier molecular flexibility index (Phi) is 5.19. The highest BCUT2D eigenvalue weighted by Gasteiger charge is 2.45. The van der Waals surface area contributed by atoms with Gasteiger partial charge in [0.2, 0.25) is 0 Å². The Morgan fingerprint density at radius 2 is 1.33 bits per heavy atom. The monoisotopic (exact) mass is 334 g/mol. The second kappa shape index (κ2) is 7.22. The Morgan fingerprint density at radius 3 is 1.96 bits per heavy atom. The van der Waals surface area contributed by atoms with E-state index in [0.29, 0.717) is 0 Å².